The molecule has 0 spiro atoms. The number of benzene rings is 2. The summed E-state index contributed by atoms with van der Waals surface area (Å²) in [4.78, 5) is 9.27. The number of halogens is 2. The van der Waals surface area contributed by atoms with E-state index >= 15 is 0 Å². The molecule has 0 saturated heterocycles. The van der Waals surface area contributed by atoms with E-state index in [0.717, 1.165) is 10.5 Å². The summed E-state index contributed by atoms with van der Waals surface area (Å²) in [7, 11) is -3.80. The maximum absolute atomic E-state index is 11.6. The van der Waals surface area contributed by atoms with Crippen molar-refractivity contribution in [1.82, 2.24) is 9.97 Å². The van der Waals surface area contributed by atoms with Gasteiger partial charge in [-0.15, -0.1) is 11.8 Å². The van der Waals surface area contributed by atoms with E-state index in [1.807, 2.05) is 6.26 Å². The Labute approximate surface area is 187 Å². The van der Waals surface area contributed by atoms with Gasteiger partial charge in [-0.1, -0.05) is 23.2 Å². The first-order valence-corrected chi connectivity index (χ1v) is 11.9. The molecule has 158 valence electrons. The second kappa shape index (κ2) is 9.27. The molecular weight excluding hydrogens is 469 g/mol. The van der Waals surface area contributed by atoms with E-state index in [1.54, 1.807) is 12.1 Å². The van der Waals surface area contributed by atoms with E-state index in [-0.39, 0.29) is 20.7 Å². The molecule has 0 fully saturated rings. The fraction of sp³-hybridized carbons (Fsp3) is 0.111. The van der Waals surface area contributed by atoms with E-state index in [4.69, 9.17) is 28.3 Å². The average molecular weight is 486 g/mol. The number of anilines is 3. The van der Waals surface area contributed by atoms with Crippen molar-refractivity contribution >= 4 is 62.3 Å². The molecule has 0 aliphatic carbocycles. The molecule has 3 aromatic rings. The summed E-state index contributed by atoms with van der Waals surface area (Å²) in [5, 5.41) is 21.3. The van der Waals surface area contributed by atoms with E-state index < -0.39 is 10.0 Å². The molecule has 5 N–H and O–H groups in total. The van der Waals surface area contributed by atoms with Gasteiger partial charge in [0.25, 0.3) is 0 Å². The van der Waals surface area contributed by atoms with Gasteiger partial charge in [0.15, 0.2) is 5.75 Å². The summed E-state index contributed by atoms with van der Waals surface area (Å²) < 4.78 is 23.3. The predicted molar refractivity (Wildman–Crippen MR) is 120 cm³/mol. The lowest BCUT2D eigenvalue weighted by molar-refractivity contribution is 0.476. The fourth-order valence-electron chi connectivity index (χ4n) is 2.56. The summed E-state index contributed by atoms with van der Waals surface area (Å²) in [6.45, 7) is 0.326. The number of aromatic hydroxyl groups is 1. The minimum absolute atomic E-state index is 0.0447. The average Bonchev–Trinajstić information content (AvgIpc) is 2.70. The second-order valence-electron chi connectivity index (χ2n) is 6.07. The maximum Gasteiger partial charge on any atom is 0.238 e. The quantitative estimate of drug-likeness (QED) is 0.289. The van der Waals surface area contributed by atoms with Crippen molar-refractivity contribution in [2.75, 3.05) is 16.9 Å². The van der Waals surface area contributed by atoms with Crippen LogP contribution in [-0.2, 0) is 16.6 Å². The lowest BCUT2D eigenvalue weighted by Crippen LogP contribution is -2.13. The third-order valence-electron chi connectivity index (χ3n) is 4.00. The molecule has 0 atom stereocenters. The number of hydrogen-bond acceptors (Lipinski definition) is 8. The van der Waals surface area contributed by atoms with E-state index in [2.05, 4.69) is 20.6 Å². The Bertz CT molecular complexity index is 1170. The van der Waals surface area contributed by atoms with Crippen LogP contribution in [0, 0.1) is 0 Å². The number of phenolic OH excluding ortho intramolecular Hbond substituents is 1. The van der Waals surface area contributed by atoms with Crippen molar-refractivity contribution in [3.63, 3.8) is 0 Å². The molecule has 3 rings (SSSR count). The van der Waals surface area contributed by atoms with Crippen LogP contribution in [-0.4, -0.2) is 29.7 Å². The van der Waals surface area contributed by atoms with Gasteiger partial charge in [0, 0.05) is 23.2 Å². The molecule has 0 radical (unpaired) electrons. The van der Waals surface area contributed by atoms with E-state index in [1.165, 1.54) is 42.4 Å². The number of nitrogens with one attached hydrogen (secondary N) is 2. The van der Waals surface area contributed by atoms with Crippen LogP contribution in [0.4, 0.5) is 17.3 Å². The van der Waals surface area contributed by atoms with Crippen LogP contribution in [0.25, 0.3) is 0 Å². The lowest BCUT2D eigenvalue weighted by Gasteiger charge is -2.12. The third kappa shape index (κ3) is 5.46. The Hall–Kier alpha value is -2.24. The predicted octanol–water partition coefficient (Wildman–Crippen LogP) is 4.21. The first-order valence-electron chi connectivity index (χ1n) is 8.38. The van der Waals surface area contributed by atoms with Crippen molar-refractivity contribution in [1.29, 1.82) is 0 Å². The number of rotatable bonds is 7. The van der Waals surface area contributed by atoms with Crippen LogP contribution in [0.1, 0.15) is 5.56 Å². The first-order chi connectivity index (χ1) is 14.2. The molecule has 0 amide bonds. The monoisotopic (exact) mass is 485 g/mol. The zero-order valence-corrected chi connectivity index (χ0v) is 18.7. The van der Waals surface area contributed by atoms with Gasteiger partial charge in [0.2, 0.25) is 10.0 Å². The molecule has 8 nitrogen and oxygen atoms in total. The molecule has 0 aliphatic rings. The highest BCUT2D eigenvalue weighted by Gasteiger charge is 2.12. The highest BCUT2D eigenvalue weighted by atomic mass is 35.5. The summed E-state index contributed by atoms with van der Waals surface area (Å²) in [6.07, 6.45) is 3.26. The number of aromatic nitrogens is 2. The van der Waals surface area contributed by atoms with Crippen molar-refractivity contribution in [3.8, 4) is 5.75 Å². The normalized spacial score (nSPS) is 11.3. The highest BCUT2D eigenvalue weighted by Crippen LogP contribution is 2.35. The number of sulfonamides is 1. The Morgan fingerprint density at radius 3 is 2.40 bits per heavy atom. The van der Waals surface area contributed by atoms with Gasteiger partial charge in [0.1, 0.15) is 18.0 Å². The molecule has 0 unspecified atom stereocenters. The van der Waals surface area contributed by atoms with Gasteiger partial charge in [-0.05, 0) is 42.2 Å². The maximum atomic E-state index is 11.6. The van der Waals surface area contributed by atoms with Crippen molar-refractivity contribution in [2.45, 2.75) is 16.3 Å². The number of thioether (sulfide) groups is 1. The van der Waals surface area contributed by atoms with Crippen LogP contribution >= 0.6 is 35.0 Å². The Morgan fingerprint density at radius 2 is 1.77 bits per heavy atom. The van der Waals surface area contributed by atoms with Crippen LogP contribution in [0.2, 0.25) is 10.0 Å². The Morgan fingerprint density at radius 1 is 1.10 bits per heavy atom. The molecule has 0 bridgehead atoms. The van der Waals surface area contributed by atoms with Gasteiger partial charge in [0.05, 0.1) is 14.9 Å². The molecule has 0 saturated carbocycles. The first kappa shape index (κ1) is 22.4. The number of hydrogen-bond donors (Lipinski definition) is 4. The van der Waals surface area contributed by atoms with Crippen molar-refractivity contribution in [2.24, 2.45) is 5.14 Å². The summed E-state index contributed by atoms with van der Waals surface area (Å²) in [5.41, 5.74) is 1.30. The van der Waals surface area contributed by atoms with Gasteiger partial charge in [-0.25, -0.2) is 23.5 Å². The minimum atomic E-state index is -3.80. The summed E-state index contributed by atoms with van der Waals surface area (Å²) in [6, 6.07) is 9.42. The Balaban J connectivity index is 1.78. The van der Waals surface area contributed by atoms with Crippen LogP contribution in [0.3, 0.4) is 0 Å². The molecule has 2 aromatic carbocycles. The van der Waals surface area contributed by atoms with Crippen LogP contribution in [0.5, 0.6) is 5.75 Å². The zero-order valence-electron chi connectivity index (χ0n) is 15.6. The lowest BCUT2D eigenvalue weighted by atomic mass is 10.2. The molecular formula is C18H17Cl2N5O3S2. The molecule has 0 aliphatic heterocycles. The summed E-state index contributed by atoms with van der Waals surface area (Å²) in [5.74, 6) is 0.783. The number of phenols is 1. The number of nitrogens with two attached hydrogens (primary N) is 1. The zero-order chi connectivity index (χ0) is 21.9. The second-order valence-corrected chi connectivity index (χ2v) is 9.30. The summed E-state index contributed by atoms with van der Waals surface area (Å²) >= 11 is 13.4. The largest absolute Gasteiger partial charge is 0.505 e. The molecule has 1 heterocycles. The van der Waals surface area contributed by atoms with Gasteiger partial charge >= 0.3 is 0 Å². The van der Waals surface area contributed by atoms with Crippen molar-refractivity contribution in [3.05, 3.63) is 58.3 Å². The van der Waals surface area contributed by atoms with Gasteiger partial charge in [-0.3, -0.25) is 0 Å². The fourth-order valence-corrected chi connectivity index (χ4v) is 4.21. The SMILES string of the molecule is CSc1ccc(S(N)(=O)=O)cc1CNc1cc(Nc2cc(Cl)c(O)c(Cl)c2)ncn1. The Kier molecular flexibility index (Phi) is 6.94. The van der Waals surface area contributed by atoms with Crippen LogP contribution < -0.4 is 15.8 Å². The molecule has 30 heavy (non-hydrogen) atoms. The number of primary sulfonamides is 1. The topological polar surface area (TPSA) is 130 Å². The molecule has 1 aromatic heterocycles. The minimum Gasteiger partial charge on any atom is -0.505 e. The highest BCUT2D eigenvalue weighted by molar-refractivity contribution is 7.98. The van der Waals surface area contributed by atoms with E-state index in [0.29, 0.717) is 23.9 Å². The third-order valence-corrected chi connectivity index (χ3v) is 6.32. The van der Waals surface area contributed by atoms with Crippen LogP contribution in [0.15, 0.2) is 52.5 Å². The number of nitrogens with zero attached hydrogens (tertiary/aromatic N) is 2. The molecule has 12 heteroatoms. The smallest absolute Gasteiger partial charge is 0.238 e. The van der Waals surface area contributed by atoms with Crippen molar-refractivity contribution < 1.29 is 13.5 Å². The van der Waals surface area contributed by atoms with Gasteiger partial charge in [-0.2, -0.15) is 0 Å². The van der Waals surface area contributed by atoms with E-state index in [9.17, 15) is 13.5 Å². The van der Waals surface area contributed by atoms with Gasteiger partial charge < -0.3 is 15.7 Å². The standard InChI is InChI=1S/C18H17Cl2N5O3S2/c1-29-15-3-2-12(30(21,27)28)4-10(15)8-22-16-7-17(24-9-23-16)25-11-5-13(19)18(26)14(20)6-11/h2-7,9,26H,8H2,1H3,(H2,21,27,28)(H2,22,23,24,25).